The van der Waals surface area contributed by atoms with E-state index in [1.54, 1.807) is 6.08 Å². The number of carboxylic acid groups (broad SMARTS) is 1. The number of anilines is 9. The maximum Gasteiger partial charge on any atom is 0.346 e. The number of hydrogen-bond acceptors (Lipinski definition) is 8. The van der Waals surface area contributed by atoms with Crippen LogP contribution in [0.1, 0.15) is 114 Å². The molecule has 0 saturated carbocycles. The van der Waals surface area contributed by atoms with Crippen molar-refractivity contribution in [2.24, 2.45) is 0 Å². The zero-order valence-corrected chi connectivity index (χ0v) is 60.8. The molecule has 2 aliphatic rings. The first kappa shape index (κ1) is 69.6. The number of carbonyl (C=O) groups is 1. The molecule has 4 aromatic heterocycles. The van der Waals surface area contributed by atoms with Gasteiger partial charge in [0.1, 0.15) is 11.6 Å². The molecule has 13 aromatic rings. The van der Waals surface area contributed by atoms with Crippen LogP contribution in [0.15, 0.2) is 285 Å². The molecule has 0 saturated heterocycles. The molecule has 9 aromatic carbocycles. The number of rotatable bonds is 24. The monoisotopic (exact) mass is 1410 g/mol. The Morgan fingerprint density at radius 1 is 0.393 bits per heavy atom. The van der Waals surface area contributed by atoms with Gasteiger partial charge in [-0.1, -0.05) is 210 Å². The molecule has 6 heterocycles. The Morgan fingerprint density at radius 2 is 0.710 bits per heavy atom. The third-order valence-electron chi connectivity index (χ3n) is 19.7. The van der Waals surface area contributed by atoms with E-state index in [9.17, 15) is 15.2 Å². The zero-order valence-electron chi connectivity index (χ0n) is 60.0. The van der Waals surface area contributed by atoms with Gasteiger partial charge in [-0.05, 0) is 217 Å². The molecule has 522 valence electrons. The fourth-order valence-electron chi connectivity index (χ4n) is 14.5. The van der Waals surface area contributed by atoms with Gasteiger partial charge in [0.25, 0.3) is 0 Å². The average Bonchev–Trinajstić information content (AvgIpc) is 1.61. The van der Waals surface area contributed by atoms with Crippen molar-refractivity contribution in [1.82, 2.24) is 19.9 Å². The van der Waals surface area contributed by atoms with Crippen LogP contribution in [-0.4, -0.2) is 31.0 Å². The molecule has 8 bridgehead atoms. The largest absolute Gasteiger partial charge is 0.477 e. The Balaban J connectivity index is 0.987. The van der Waals surface area contributed by atoms with Crippen LogP contribution in [0, 0.1) is 23.2 Å². The number of thiophene rings is 1. The molecule has 0 fully saturated rings. The third-order valence-corrected chi connectivity index (χ3v) is 20.9. The normalized spacial score (nSPS) is 11.6. The van der Waals surface area contributed by atoms with Gasteiger partial charge in [-0.25, -0.2) is 14.8 Å². The second kappa shape index (κ2) is 32.7. The number of unbranched alkanes of at least 4 members (excludes halogenated alkanes) is 6. The standard InChI is InChI=1S/C96H80N8O2S/c1-3-5-7-27-41-80-81(42-28-8-6-4-2)92(65-70(66-97)96(105)106)107-91(80)64-55-82-83-56-58-85(98-83)93(67-43-49-77(50-44-67)102(71-29-15-9-16-30-71)72-31-17-10-18-32-72)87-60-62-89(100-87)95(69-47-53-79(54-48-69)104(75-37-23-13-24-38-75)76-39-25-14-26-40-76)90-63-61-88(101-90)94(86-59-57-84(82)99-86)68-45-51-78(52-46-68)103(73-33-19-11-20-34-73)74-35-21-12-22-36-74/h9-26,29-40,43-54,56-63,65,98,101H,3-8,27-28,41-42H2,1-2H3,(H,105,106)/b70-65-,83-82?,84-82?,93-85?,93-87?,94-86?,94-88?,95-89?,95-90?. The SMILES string of the molecule is CCCCCCc1c(C#Cc2c3nc(c(-c4ccc(N(c5ccccc5)c5ccccc5)cc4)c4ccc([nH]4)c(-c4ccc(N(c5ccccc5)c5ccccc5)cc4)c4nc(c(-c5ccc(N(c6ccccc6)c6ccccc6)cc5)c5ccc2[nH]5)C=C4)C=C3)sc(/C=C(/C#N)C(=O)O)c1CCCCCC. The van der Waals surface area contributed by atoms with E-state index in [1.807, 2.05) is 42.5 Å². The summed E-state index contributed by atoms with van der Waals surface area (Å²) in [4.78, 5) is 40.5. The smallest absolute Gasteiger partial charge is 0.346 e. The summed E-state index contributed by atoms with van der Waals surface area (Å²) < 4.78 is 0. The fourth-order valence-corrected chi connectivity index (χ4v) is 15.7. The second-order valence-corrected chi connectivity index (χ2v) is 27.8. The van der Waals surface area contributed by atoms with E-state index in [0.717, 1.165) is 209 Å². The van der Waals surface area contributed by atoms with Crippen molar-refractivity contribution in [3.63, 3.8) is 0 Å². The van der Waals surface area contributed by atoms with Crippen LogP contribution in [0.2, 0.25) is 0 Å². The van der Waals surface area contributed by atoms with Crippen LogP contribution >= 0.6 is 11.3 Å². The number of nitriles is 1. The number of para-hydroxylation sites is 6. The Morgan fingerprint density at radius 3 is 1.06 bits per heavy atom. The molecule has 0 unspecified atom stereocenters. The number of nitrogens with one attached hydrogen (secondary N) is 2. The number of aromatic amines is 2. The minimum atomic E-state index is -1.25. The van der Waals surface area contributed by atoms with Gasteiger partial charge < -0.3 is 29.8 Å². The van der Waals surface area contributed by atoms with Gasteiger partial charge in [0.05, 0.1) is 38.7 Å². The number of benzene rings is 9. The predicted octanol–water partition coefficient (Wildman–Crippen LogP) is 25.8. The molecule has 0 atom stereocenters. The van der Waals surface area contributed by atoms with Gasteiger partial charge in [0, 0.05) is 89.3 Å². The highest BCUT2D eigenvalue weighted by Gasteiger charge is 2.24. The van der Waals surface area contributed by atoms with Gasteiger partial charge in [0.2, 0.25) is 0 Å². The summed E-state index contributed by atoms with van der Waals surface area (Å²) in [6.07, 6.45) is 19.9. The Bertz CT molecular complexity index is 5450. The summed E-state index contributed by atoms with van der Waals surface area (Å²) in [7, 11) is 0. The molecule has 107 heavy (non-hydrogen) atoms. The first-order valence-electron chi connectivity index (χ1n) is 37.0. The second-order valence-electron chi connectivity index (χ2n) is 26.8. The van der Waals surface area contributed by atoms with Gasteiger partial charge in [-0.3, -0.25) is 0 Å². The quantitative estimate of drug-likeness (QED) is 0.0236. The topological polar surface area (TPSA) is 128 Å². The summed E-state index contributed by atoms with van der Waals surface area (Å²) in [6, 6.07) is 99.6. The van der Waals surface area contributed by atoms with E-state index in [2.05, 4.69) is 317 Å². The summed E-state index contributed by atoms with van der Waals surface area (Å²) in [6.45, 7) is 4.43. The van der Waals surface area contributed by atoms with Crippen LogP contribution in [0.5, 0.6) is 0 Å². The van der Waals surface area contributed by atoms with Gasteiger partial charge in [0.15, 0.2) is 0 Å². The maximum atomic E-state index is 12.6. The van der Waals surface area contributed by atoms with Gasteiger partial charge in [-0.15, -0.1) is 11.3 Å². The highest BCUT2D eigenvalue weighted by molar-refractivity contribution is 7.13. The number of hydrogen-bond donors (Lipinski definition) is 3. The molecule has 3 N–H and O–H groups in total. The molecule has 11 heteroatoms. The van der Waals surface area contributed by atoms with E-state index < -0.39 is 5.97 Å². The summed E-state index contributed by atoms with van der Waals surface area (Å²) in [5, 5.41) is 20.5. The summed E-state index contributed by atoms with van der Waals surface area (Å²) in [5.74, 6) is 6.26. The lowest BCUT2D eigenvalue weighted by Gasteiger charge is -2.25. The number of carboxylic acids is 1. The predicted molar refractivity (Wildman–Crippen MR) is 446 cm³/mol. The zero-order chi connectivity index (χ0) is 72.8. The average molecular weight is 1410 g/mol. The Hall–Kier alpha value is -13.1. The van der Waals surface area contributed by atoms with E-state index in [4.69, 9.17) is 9.97 Å². The van der Waals surface area contributed by atoms with Crippen molar-refractivity contribution in [3.05, 3.63) is 334 Å². The third kappa shape index (κ3) is 15.3. The van der Waals surface area contributed by atoms with Gasteiger partial charge in [-0.2, -0.15) is 5.26 Å². The molecule has 0 spiro atoms. The van der Waals surface area contributed by atoms with Crippen LogP contribution in [0.3, 0.4) is 0 Å². The lowest BCUT2D eigenvalue weighted by molar-refractivity contribution is -0.132. The molecule has 0 radical (unpaired) electrons. The first-order valence-corrected chi connectivity index (χ1v) is 37.8. The lowest BCUT2D eigenvalue weighted by Crippen LogP contribution is -2.09. The Kier molecular flexibility index (Phi) is 21.3. The number of aromatic nitrogens is 4. The van der Waals surface area contributed by atoms with Crippen molar-refractivity contribution >= 4 is 121 Å². The highest BCUT2D eigenvalue weighted by atomic mass is 32.1. The number of aliphatic carboxylic acids is 1. The van der Waals surface area contributed by atoms with Crippen molar-refractivity contribution in [2.75, 3.05) is 14.7 Å². The molecular weight excluding hydrogens is 1330 g/mol. The van der Waals surface area contributed by atoms with E-state index in [0.29, 0.717) is 11.3 Å². The van der Waals surface area contributed by atoms with E-state index >= 15 is 0 Å². The molecule has 10 nitrogen and oxygen atoms in total. The minimum absolute atomic E-state index is 0.297. The number of H-pyrrole nitrogens is 2. The van der Waals surface area contributed by atoms with Crippen LogP contribution in [0.4, 0.5) is 51.2 Å². The summed E-state index contributed by atoms with van der Waals surface area (Å²) in [5.41, 5.74) is 23.6. The number of nitrogens with zero attached hydrogens (tertiary/aromatic N) is 6. The molecular formula is C96H80N8O2S. The van der Waals surface area contributed by atoms with Crippen LogP contribution in [-0.2, 0) is 17.6 Å². The van der Waals surface area contributed by atoms with Crippen LogP contribution in [0.25, 0.3) is 85.8 Å². The van der Waals surface area contributed by atoms with Crippen LogP contribution < -0.4 is 14.7 Å². The first-order chi connectivity index (χ1) is 52.8. The molecule has 0 aliphatic carbocycles. The van der Waals surface area contributed by atoms with E-state index in [-0.39, 0.29) is 5.57 Å². The van der Waals surface area contributed by atoms with Gasteiger partial charge >= 0.3 is 5.97 Å². The lowest BCUT2D eigenvalue weighted by atomic mass is 9.96. The number of fused-ring (bicyclic) bond motifs is 8. The Labute approximate surface area is 630 Å². The van der Waals surface area contributed by atoms with Crippen molar-refractivity contribution in [3.8, 4) is 51.3 Å². The summed E-state index contributed by atoms with van der Waals surface area (Å²) >= 11 is 1.48. The van der Waals surface area contributed by atoms with Crippen molar-refractivity contribution < 1.29 is 9.90 Å². The molecule has 0 amide bonds. The van der Waals surface area contributed by atoms with Crippen molar-refractivity contribution in [2.45, 2.75) is 78.1 Å². The maximum absolute atomic E-state index is 12.6. The fraction of sp³-hybridized carbons (Fsp3) is 0.125. The highest BCUT2D eigenvalue weighted by Crippen LogP contribution is 2.44. The van der Waals surface area contributed by atoms with E-state index in [1.165, 1.54) is 11.3 Å². The molecule has 15 rings (SSSR count). The minimum Gasteiger partial charge on any atom is -0.477 e. The molecule has 2 aliphatic heterocycles. The van der Waals surface area contributed by atoms with Crippen molar-refractivity contribution in [1.29, 1.82) is 5.26 Å².